The van der Waals surface area contributed by atoms with Crippen LogP contribution in [0.25, 0.3) is 5.69 Å². The van der Waals surface area contributed by atoms with E-state index in [0.29, 0.717) is 17.2 Å². The van der Waals surface area contributed by atoms with Gasteiger partial charge in [0.05, 0.1) is 17.3 Å². The van der Waals surface area contributed by atoms with Crippen molar-refractivity contribution in [2.45, 2.75) is 33.6 Å². The first-order valence-electron chi connectivity index (χ1n) is 6.25. The molecule has 0 bridgehead atoms. The number of aromatic nitrogens is 2. The molecule has 0 atom stereocenters. The van der Waals surface area contributed by atoms with Gasteiger partial charge in [-0.25, -0.2) is 4.68 Å². The predicted octanol–water partition coefficient (Wildman–Crippen LogP) is 3.19. The molecule has 0 spiro atoms. The summed E-state index contributed by atoms with van der Waals surface area (Å²) in [6, 6.07) is 6.87. The van der Waals surface area contributed by atoms with Crippen LogP contribution in [0.2, 0.25) is 0 Å². The molecule has 0 aliphatic heterocycles. The SMILES string of the molecule is Cc1nn(-c2ccc(C#N)cc2O)c(C)c1C(C)C. The van der Waals surface area contributed by atoms with Gasteiger partial charge in [-0.15, -0.1) is 0 Å². The topological polar surface area (TPSA) is 61.8 Å². The fourth-order valence-electron chi connectivity index (χ4n) is 2.50. The van der Waals surface area contributed by atoms with Crippen LogP contribution < -0.4 is 0 Å². The van der Waals surface area contributed by atoms with Crippen molar-refractivity contribution in [2.75, 3.05) is 0 Å². The molecule has 4 heteroatoms. The largest absolute Gasteiger partial charge is 0.506 e. The zero-order valence-electron chi connectivity index (χ0n) is 11.6. The molecule has 0 fully saturated rings. The van der Waals surface area contributed by atoms with E-state index < -0.39 is 0 Å². The van der Waals surface area contributed by atoms with E-state index in [9.17, 15) is 5.11 Å². The molecule has 0 unspecified atom stereocenters. The quantitative estimate of drug-likeness (QED) is 0.896. The lowest BCUT2D eigenvalue weighted by Gasteiger charge is -2.09. The highest BCUT2D eigenvalue weighted by Crippen LogP contribution is 2.29. The normalized spacial score (nSPS) is 10.7. The number of benzene rings is 1. The molecule has 1 aromatic carbocycles. The number of rotatable bonds is 2. The lowest BCUT2D eigenvalue weighted by Crippen LogP contribution is -2.00. The molecule has 2 aromatic rings. The molecule has 1 aromatic heterocycles. The average molecular weight is 255 g/mol. The Morgan fingerprint density at radius 2 is 2.00 bits per heavy atom. The van der Waals surface area contributed by atoms with Gasteiger partial charge >= 0.3 is 0 Å². The number of nitriles is 1. The number of nitrogens with zero attached hydrogens (tertiary/aromatic N) is 3. The summed E-state index contributed by atoms with van der Waals surface area (Å²) in [6.45, 7) is 8.21. The number of hydrogen-bond donors (Lipinski definition) is 1. The van der Waals surface area contributed by atoms with Crippen LogP contribution in [0, 0.1) is 25.2 Å². The summed E-state index contributed by atoms with van der Waals surface area (Å²) in [5.41, 5.74) is 4.23. The number of aryl methyl sites for hydroxylation is 1. The Labute approximate surface area is 112 Å². The zero-order valence-corrected chi connectivity index (χ0v) is 11.6. The molecule has 98 valence electrons. The van der Waals surface area contributed by atoms with Gasteiger partial charge in [-0.2, -0.15) is 10.4 Å². The summed E-state index contributed by atoms with van der Waals surface area (Å²) in [4.78, 5) is 0. The molecule has 0 radical (unpaired) electrons. The summed E-state index contributed by atoms with van der Waals surface area (Å²) in [5, 5.41) is 23.3. The smallest absolute Gasteiger partial charge is 0.142 e. The summed E-state index contributed by atoms with van der Waals surface area (Å²) >= 11 is 0. The van der Waals surface area contributed by atoms with Gasteiger partial charge in [-0.05, 0) is 43.5 Å². The van der Waals surface area contributed by atoms with Gasteiger partial charge < -0.3 is 5.11 Å². The molecular weight excluding hydrogens is 238 g/mol. The Balaban J connectivity index is 2.61. The van der Waals surface area contributed by atoms with Crippen molar-refractivity contribution in [2.24, 2.45) is 0 Å². The Hall–Kier alpha value is -2.28. The van der Waals surface area contributed by atoms with Crippen molar-refractivity contribution < 1.29 is 5.11 Å². The van der Waals surface area contributed by atoms with Crippen molar-refractivity contribution >= 4 is 0 Å². The zero-order chi connectivity index (χ0) is 14.2. The van der Waals surface area contributed by atoms with Crippen molar-refractivity contribution in [1.82, 2.24) is 9.78 Å². The molecule has 1 N–H and O–H groups in total. The van der Waals surface area contributed by atoms with E-state index in [1.807, 2.05) is 19.9 Å². The highest BCUT2D eigenvalue weighted by atomic mass is 16.3. The van der Waals surface area contributed by atoms with Gasteiger partial charge in [-0.3, -0.25) is 0 Å². The summed E-state index contributed by atoms with van der Waals surface area (Å²) in [6.07, 6.45) is 0. The summed E-state index contributed by atoms with van der Waals surface area (Å²) in [5.74, 6) is 0.453. The molecule has 0 aliphatic rings. The van der Waals surface area contributed by atoms with Gasteiger partial charge in [0.15, 0.2) is 0 Å². The third-order valence-corrected chi connectivity index (χ3v) is 3.26. The van der Waals surface area contributed by atoms with E-state index in [1.165, 1.54) is 11.6 Å². The number of aromatic hydroxyl groups is 1. The number of phenolic OH excluding ortho intramolecular Hbond substituents is 1. The Morgan fingerprint density at radius 1 is 1.32 bits per heavy atom. The van der Waals surface area contributed by atoms with Crippen LogP contribution in [0.3, 0.4) is 0 Å². The standard InChI is InChI=1S/C15H17N3O/c1-9(2)15-10(3)17-18(11(15)4)13-6-5-12(8-16)7-14(13)19/h5-7,9,19H,1-4H3. The van der Waals surface area contributed by atoms with Crippen molar-refractivity contribution in [3.8, 4) is 17.5 Å². The average Bonchev–Trinajstić information content (AvgIpc) is 2.64. The van der Waals surface area contributed by atoms with Crippen molar-refractivity contribution in [1.29, 1.82) is 5.26 Å². The van der Waals surface area contributed by atoms with Gasteiger partial charge in [0.2, 0.25) is 0 Å². The van der Waals surface area contributed by atoms with Crippen LogP contribution in [0.5, 0.6) is 5.75 Å². The third kappa shape index (κ3) is 2.19. The van der Waals surface area contributed by atoms with Crippen LogP contribution >= 0.6 is 0 Å². The van der Waals surface area contributed by atoms with Crippen molar-refractivity contribution in [3.63, 3.8) is 0 Å². The van der Waals surface area contributed by atoms with Gasteiger partial charge in [0.1, 0.15) is 11.4 Å². The van der Waals surface area contributed by atoms with Gasteiger partial charge in [0.25, 0.3) is 0 Å². The van der Waals surface area contributed by atoms with E-state index in [1.54, 1.807) is 16.8 Å². The Morgan fingerprint density at radius 3 is 2.47 bits per heavy atom. The third-order valence-electron chi connectivity index (χ3n) is 3.26. The first-order valence-corrected chi connectivity index (χ1v) is 6.25. The van der Waals surface area contributed by atoms with Crippen LogP contribution in [-0.2, 0) is 0 Å². The van der Waals surface area contributed by atoms with Crippen LogP contribution in [-0.4, -0.2) is 14.9 Å². The minimum absolute atomic E-state index is 0.0694. The lowest BCUT2D eigenvalue weighted by atomic mass is 10.0. The van der Waals surface area contributed by atoms with Gasteiger partial charge in [-0.1, -0.05) is 13.8 Å². The maximum absolute atomic E-state index is 10.0. The fraction of sp³-hybridized carbons (Fsp3) is 0.333. The molecule has 4 nitrogen and oxygen atoms in total. The molecule has 1 heterocycles. The summed E-state index contributed by atoms with van der Waals surface area (Å²) in [7, 11) is 0. The Bertz CT molecular complexity index is 663. The van der Waals surface area contributed by atoms with E-state index >= 15 is 0 Å². The molecular formula is C15H17N3O. The Kier molecular flexibility index (Phi) is 3.30. The maximum Gasteiger partial charge on any atom is 0.142 e. The monoisotopic (exact) mass is 255 g/mol. The molecule has 0 saturated carbocycles. The molecule has 0 aliphatic carbocycles. The van der Waals surface area contributed by atoms with Crippen LogP contribution in [0.1, 0.15) is 42.3 Å². The minimum Gasteiger partial charge on any atom is -0.506 e. The highest BCUT2D eigenvalue weighted by Gasteiger charge is 2.17. The number of hydrogen-bond acceptors (Lipinski definition) is 3. The number of phenols is 1. The molecule has 0 saturated heterocycles. The molecule has 2 rings (SSSR count). The van der Waals surface area contributed by atoms with Crippen LogP contribution in [0.15, 0.2) is 18.2 Å². The molecule has 19 heavy (non-hydrogen) atoms. The van der Waals surface area contributed by atoms with E-state index in [0.717, 1.165) is 11.4 Å². The highest BCUT2D eigenvalue weighted by molar-refractivity contribution is 5.52. The second kappa shape index (κ2) is 4.77. The fourth-order valence-corrected chi connectivity index (χ4v) is 2.50. The first kappa shape index (κ1) is 13.2. The lowest BCUT2D eigenvalue weighted by molar-refractivity contribution is 0.469. The minimum atomic E-state index is 0.0694. The first-order chi connectivity index (χ1) is 8.95. The van der Waals surface area contributed by atoms with E-state index in [2.05, 4.69) is 18.9 Å². The van der Waals surface area contributed by atoms with E-state index in [-0.39, 0.29) is 5.75 Å². The van der Waals surface area contributed by atoms with E-state index in [4.69, 9.17) is 5.26 Å². The van der Waals surface area contributed by atoms with Crippen LogP contribution in [0.4, 0.5) is 0 Å². The van der Waals surface area contributed by atoms with Crippen molar-refractivity contribution in [3.05, 3.63) is 40.7 Å². The predicted molar refractivity (Wildman–Crippen MR) is 73.5 cm³/mol. The maximum atomic E-state index is 10.0. The second-order valence-electron chi connectivity index (χ2n) is 4.97. The van der Waals surface area contributed by atoms with Gasteiger partial charge in [0, 0.05) is 5.69 Å². The summed E-state index contributed by atoms with van der Waals surface area (Å²) < 4.78 is 1.74. The molecule has 0 amide bonds. The second-order valence-corrected chi connectivity index (χ2v) is 4.97.